The average Bonchev–Trinajstić information content (AvgIpc) is 2.69. The Morgan fingerprint density at radius 3 is 2.30 bits per heavy atom. The Bertz CT molecular complexity index is 933. The first-order valence-electron chi connectivity index (χ1n) is 8.59. The zero-order valence-corrected chi connectivity index (χ0v) is 14.8. The van der Waals surface area contributed by atoms with Crippen LogP contribution in [0.2, 0.25) is 0 Å². The number of hydrogen-bond acceptors (Lipinski definition) is 5. The molecule has 6 nitrogen and oxygen atoms in total. The minimum atomic E-state index is -0.526. The fraction of sp³-hybridized carbons (Fsp3) is 0.143. The lowest BCUT2D eigenvalue weighted by molar-refractivity contribution is -0.384. The summed E-state index contributed by atoms with van der Waals surface area (Å²) in [4.78, 5) is 26.8. The van der Waals surface area contributed by atoms with E-state index in [0.29, 0.717) is 5.56 Å². The minimum Gasteiger partial charge on any atom is -0.423 e. The highest BCUT2D eigenvalue weighted by Gasteiger charge is 2.11. The molecule has 6 heteroatoms. The van der Waals surface area contributed by atoms with Crippen molar-refractivity contribution in [3.8, 4) is 17.0 Å². The van der Waals surface area contributed by atoms with E-state index >= 15 is 0 Å². The van der Waals surface area contributed by atoms with Crippen molar-refractivity contribution in [1.29, 1.82) is 0 Å². The summed E-state index contributed by atoms with van der Waals surface area (Å²) in [5, 5.41) is 10.6. The van der Waals surface area contributed by atoms with Gasteiger partial charge in [0.1, 0.15) is 5.75 Å². The molecular weight excluding hydrogens is 344 g/mol. The maximum Gasteiger partial charge on any atom is 0.343 e. The second kappa shape index (κ2) is 8.23. The van der Waals surface area contributed by atoms with Gasteiger partial charge in [-0.1, -0.05) is 31.5 Å². The molecule has 0 aliphatic carbocycles. The van der Waals surface area contributed by atoms with E-state index in [2.05, 4.69) is 18.0 Å². The molecule has 0 saturated heterocycles. The fourth-order valence-corrected chi connectivity index (χ4v) is 2.61. The Morgan fingerprint density at radius 1 is 1.04 bits per heavy atom. The molecule has 3 aromatic rings. The lowest BCUT2D eigenvalue weighted by atomic mass is 10.1. The van der Waals surface area contributed by atoms with Gasteiger partial charge in [0.2, 0.25) is 0 Å². The van der Waals surface area contributed by atoms with Crippen molar-refractivity contribution in [3.05, 3.63) is 88.1 Å². The van der Waals surface area contributed by atoms with Crippen LogP contribution in [0.25, 0.3) is 11.3 Å². The van der Waals surface area contributed by atoms with E-state index < -0.39 is 10.9 Å². The van der Waals surface area contributed by atoms with Gasteiger partial charge in [0.05, 0.1) is 16.2 Å². The number of nitro benzene ring substituents is 1. The van der Waals surface area contributed by atoms with Crippen LogP contribution in [0.1, 0.15) is 29.3 Å². The molecular formula is C21H18N2O4. The van der Waals surface area contributed by atoms with E-state index in [1.165, 1.54) is 29.8 Å². The van der Waals surface area contributed by atoms with Gasteiger partial charge in [0.25, 0.3) is 5.69 Å². The average molecular weight is 362 g/mol. The Balaban J connectivity index is 1.68. The van der Waals surface area contributed by atoms with E-state index in [4.69, 9.17) is 4.74 Å². The third-order valence-corrected chi connectivity index (χ3v) is 4.04. The lowest BCUT2D eigenvalue weighted by Gasteiger charge is -2.06. The van der Waals surface area contributed by atoms with Crippen LogP contribution in [-0.4, -0.2) is 15.9 Å². The largest absolute Gasteiger partial charge is 0.423 e. The molecule has 2 aromatic carbocycles. The van der Waals surface area contributed by atoms with Crippen LogP contribution in [0.5, 0.6) is 5.75 Å². The third kappa shape index (κ3) is 4.55. The van der Waals surface area contributed by atoms with Gasteiger partial charge in [-0.2, -0.15) is 0 Å². The number of aromatic nitrogens is 1. The predicted molar refractivity (Wildman–Crippen MR) is 102 cm³/mol. The Hall–Kier alpha value is -3.54. The van der Waals surface area contributed by atoms with Gasteiger partial charge in [-0.3, -0.25) is 15.1 Å². The number of ether oxygens (including phenoxy) is 1. The van der Waals surface area contributed by atoms with Crippen LogP contribution >= 0.6 is 0 Å². The van der Waals surface area contributed by atoms with Crippen LogP contribution in [0.4, 0.5) is 5.69 Å². The summed E-state index contributed by atoms with van der Waals surface area (Å²) in [7, 11) is 0. The van der Waals surface area contributed by atoms with Gasteiger partial charge in [0.15, 0.2) is 0 Å². The molecule has 0 fully saturated rings. The molecule has 0 saturated carbocycles. The summed E-state index contributed by atoms with van der Waals surface area (Å²) in [5.41, 5.74) is 3.27. The van der Waals surface area contributed by atoms with Crippen molar-refractivity contribution in [2.75, 3.05) is 0 Å². The number of rotatable bonds is 6. The summed E-state index contributed by atoms with van der Waals surface area (Å²) in [6, 6.07) is 16.4. The third-order valence-electron chi connectivity index (χ3n) is 4.04. The topological polar surface area (TPSA) is 82.3 Å². The minimum absolute atomic E-state index is 0.0587. The number of carbonyl (C=O) groups excluding carboxylic acids is 1. The lowest BCUT2D eigenvalue weighted by Crippen LogP contribution is -2.08. The molecule has 0 unspecified atom stereocenters. The molecule has 1 heterocycles. The molecule has 0 radical (unpaired) electrons. The van der Waals surface area contributed by atoms with Crippen molar-refractivity contribution in [3.63, 3.8) is 0 Å². The van der Waals surface area contributed by atoms with Gasteiger partial charge in [-0.25, -0.2) is 4.79 Å². The molecule has 0 N–H and O–H groups in total. The number of nitro groups is 1. The van der Waals surface area contributed by atoms with Crippen LogP contribution in [0.15, 0.2) is 66.9 Å². The van der Waals surface area contributed by atoms with Crippen molar-refractivity contribution in [1.82, 2.24) is 4.98 Å². The Labute approximate surface area is 156 Å². The summed E-state index contributed by atoms with van der Waals surface area (Å²) < 4.78 is 5.25. The molecule has 27 heavy (non-hydrogen) atoms. The number of hydrogen-bond donors (Lipinski definition) is 0. The molecule has 0 bridgehead atoms. The van der Waals surface area contributed by atoms with E-state index in [-0.39, 0.29) is 11.4 Å². The van der Waals surface area contributed by atoms with Crippen LogP contribution < -0.4 is 4.74 Å². The maximum atomic E-state index is 12.2. The standard InChI is InChI=1S/C21H18N2O4/c1-2-3-15-4-13-20(22-14-15)16-5-7-17(8-6-16)21(24)27-19-11-9-18(10-12-19)23(25)26/h4-14H,2-3H2,1H3. The normalized spacial score (nSPS) is 10.4. The van der Waals surface area contributed by atoms with E-state index in [1.54, 1.807) is 12.1 Å². The summed E-state index contributed by atoms with van der Waals surface area (Å²) in [6.07, 6.45) is 3.95. The Kier molecular flexibility index (Phi) is 5.56. The van der Waals surface area contributed by atoms with E-state index in [0.717, 1.165) is 24.1 Å². The van der Waals surface area contributed by atoms with Crippen LogP contribution in [0, 0.1) is 10.1 Å². The van der Waals surface area contributed by atoms with Crippen molar-refractivity contribution in [2.45, 2.75) is 19.8 Å². The second-order valence-corrected chi connectivity index (χ2v) is 6.02. The van der Waals surface area contributed by atoms with Gasteiger partial charge in [-0.15, -0.1) is 0 Å². The van der Waals surface area contributed by atoms with Crippen molar-refractivity contribution < 1.29 is 14.5 Å². The molecule has 0 aliphatic heterocycles. The van der Waals surface area contributed by atoms with Crippen molar-refractivity contribution in [2.24, 2.45) is 0 Å². The van der Waals surface area contributed by atoms with E-state index in [1.807, 2.05) is 24.4 Å². The number of benzene rings is 2. The van der Waals surface area contributed by atoms with Gasteiger partial charge in [-0.05, 0) is 42.3 Å². The highest BCUT2D eigenvalue weighted by atomic mass is 16.6. The number of pyridine rings is 1. The van der Waals surface area contributed by atoms with Crippen LogP contribution in [-0.2, 0) is 6.42 Å². The van der Waals surface area contributed by atoms with Crippen LogP contribution in [0.3, 0.4) is 0 Å². The molecule has 1 aromatic heterocycles. The van der Waals surface area contributed by atoms with Gasteiger partial charge in [0, 0.05) is 23.9 Å². The number of carbonyl (C=O) groups is 1. The second-order valence-electron chi connectivity index (χ2n) is 6.02. The zero-order chi connectivity index (χ0) is 19.2. The molecule has 0 amide bonds. The van der Waals surface area contributed by atoms with E-state index in [9.17, 15) is 14.9 Å². The molecule has 0 atom stereocenters. The highest BCUT2D eigenvalue weighted by Crippen LogP contribution is 2.21. The molecule has 0 aliphatic rings. The van der Waals surface area contributed by atoms with Crippen molar-refractivity contribution >= 4 is 11.7 Å². The SMILES string of the molecule is CCCc1ccc(-c2ccc(C(=O)Oc3ccc([N+](=O)[O-])cc3)cc2)nc1. The quantitative estimate of drug-likeness (QED) is 0.271. The number of non-ortho nitro benzene ring substituents is 1. The highest BCUT2D eigenvalue weighted by molar-refractivity contribution is 5.91. The first-order chi connectivity index (χ1) is 13.1. The predicted octanol–water partition coefficient (Wildman–Crippen LogP) is 4.83. The summed E-state index contributed by atoms with van der Waals surface area (Å²) >= 11 is 0. The fourth-order valence-electron chi connectivity index (χ4n) is 2.61. The molecule has 0 spiro atoms. The number of esters is 1. The summed E-state index contributed by atoms with van der Waals surface area (Å²) in [6.45, 7) is 2.13. The molecule has 3 rings (SSSR count). The van der Waals surface area contributed by atoms with Gasteiger partial charge < -0.3 is 4.74 Å². The zero-order valence-electron chi connectivity index (χ0n) is 14.8. The first-order valence-corrected chi connectivity index (χ1v) is 8.59. The Morgan fingerprint density at radius 2 is 1.74 bits per heavy atom. The maximum absolute atomic E-state index is 12.2. The smallest absolute Gasteiger partial charge is 0.343 e. The number of aryl methyl sites for hydroxylation is 1. The van der Waals surface area contributed by atoms with Gasteiger partial charge >= 0.3 is 5.97 Å². The summed E-state index contributed by atoms with van der Waals surface area (Å²) in [5.74, 6) is -0.274. The molecule has 136 valence electrons. The first kappa shape index (κ1) is 18.3. The number of nitrogens with zero attached hydrogens (tertiary/aromatic N) is 2. The monoisotopic (exact) mass is 362 g/mol.